The number of hydrogen-bond acceptors (Lipinski definition) is 6. The van der Waals surface area contributed by atoms with Crippen LogP contribution in [0.3, 0.4) is 0 Å². The van der Waals surface area contributed by atoms with Gasteiger partial charge in [-0.05, 0) is 23.8 Å². The van der Waals surface area contributed by atoms with Gasteiger partial charge >= 0.3 is 5.97 Å². The summed E-state index contributed by atoms with van der Waals surface area (Å²) in [7, 11) is 0. The molecule has 7 nitrogen and oxygen atoms in total. The molecule has 2 rings (SSSR count). The Kier molecular flexibility index (Phi) is 8.53. The molecule has 0 bridgehead atoms. The van der Waals surface area contributed by atoms with Crippen LogP contribution >= 0.6 is 23.2 Å². The highest BCUT2D eigenvalue weighted by atomic mass is 35.5. The first-order chi connectivity index (χ1) is 13.4. The topological polar surface area (TPSA) is 114 Å². The Labute approximate surface area is 172 Å². The lowest BCUT2D eigenvalue weighted by Crippen LogP contribution is -2.44. The minimum Gasteiger partial charge on any atom is -0.464 e. The van der Waals surface area contributed by atoms with Crippen molar-refractivity contribution >= 4 is 46.5 Å². The standard InChI is InChI=1S/C19H21Cl2N3O4/c20-13-5-3-6-14(21)18(13)24-16-7-2-1-4-12(16)10-17(26)28-9-8-23-19(27)15(22)11-25/h1-7,15,24-25H,8-11,22H2,(H,23,27)/t15-/m0/s1. The first-order valence-electron chi connectivity index (χ1n) is 8.51. The summed E-state index contributed by atoms with van der Waals surface area (Å²) in [6.07, 6.45) is 0.0232. The predicted molar refractivity (Wildman–Crippen MR) is 109 cm³/mol. The molecule has 0 aromatic heterocycles. The molecule has 0 saturated carbocycles. The van der Waals surface area contributed by atoms with Crippen molar-refractivity contribution in [2.75, 3.05) is 25.1 Å². The van der Waals surface area contributed by atoms with Gasteiger partial charge in [-0.3, -0.25) is 9.59 Å². The molecule has 0 aliphatic carbocycles. The summed E-state index contributed by atoms with van der Waals surface area (Å²) in [5.74, 6) is -0.968. The number of rotatable bonds is 9. The number of aliphatic hydroxyl groups excluding tert-OH is 1. The quantitative estimate of drug-likeness (QED) is 0.361. The maximum Gasteiger partial charge on any atom is 0.310 e. The average Bonchev–Trinajstić information content (AvgIpc) is 2.68. The summed E-state index contributed by atoms with van der Waals surface area (Å²) >= 11 is 12.4. The zero-order valence-electron chi connectivity index (χ0n) is 15.0. The van der Waals surface area contributed by atoms with Crippen LogP contribution in [0, 0.1) is 0 Å². The maximum atomic E-state index is 12.1. The van der Waals surface area contributed by atoms with Crippen molar-refractivity contribution in [3.8, 4) is 0 Å². The highest BCUT2D eigenvalue weighted by Crippen LogP contribution is 2.33. The molecule has 9 heteroatoms. The van der Waals surface area contributed by atoms with Crippen molar-refractivity contribution in [1.82, 2.24) is 5.32 Å². The molecule has 0 radical (unpaired) electrons. The molecule has 0 unspecified atom stereocenters. The number of carbonyl (C=O) groups excluding carboxylic acids is 2. The van der Waals surface area contributed by atoms with Gasteiger partial charge in [0.05, 0.1) is 35.3 Å². The van der Waals surface area contributed by atoms with E-state index in [-0.39, 0.29) is 19.6 Å². The van der Waals surface area contributed by atoms with Crippen molar-refractivity contribution in [2.45, 2.75) is 12.5 Å². The van der Waals surface area contributed by atoms with E-state index < -0.39 is 24.5 Å². The predicted octanol–water partition coefficient (Wildman–Crippen LogP) is 2.26. The van der Waals surface area contributed by atoms with E-state index in [4.69, 9.17) is 38.8 Å². The molecular weight excluding hydrogens is 405 g/mol. The number of carbonyl (C=O) groups is 2. The van der Waals surface area contributed by atoms with E-state index in [1.807, 2.05) is 6.07 Å². The van der Waals surface area contributed by atoms with Crippen LogP contribution < -0.4 is 16.4 Å². The Morgan fingerprint density at radius 1 is 1.11 bits per heavy atom. The van der Waals surface area contributed by atoms with Crippen molar-refractivity contribution < 1.29 is 19.4 Å². The van der Waals surface area contributed by atoms with E-state index in [9.17, 15) is 9.59 Å². The van der Waals surface area contributed by atoms with Crippen molar-refractivity contribution in [3.63, 3.8) is 0 Å². The summed E-state index contributed by atoms with van der Waals surface area (Å²) in [5, 5.41) is 15.3. The molecule has 5 N–H and O–H groups in total. The molecule has 0 fully saturated rings. The number of halogens is 2. The highest BCUT2D eigenvalue weighted by molar-refractivity contribution is 6.39. The molecule has 0 aliphatic heterocycles. The van der Waals surface area contributed by atoms with Crippen LogP contribution in [0.2, 0.25) is 10.0 Å². The second kappa shape index (κ2) is 10.9. The lowest BCUT2D eigenvalue weighted by molar-refractivity contribution is -0.143. The molecule has 0 saturated heterocycles. The molecule has 0 spiro atoms. The van der Waals surface area contributed by atoms with Gasteiger partial charge in [-0.2, -0.15) is 0 Å². The third-order valence-electron chi connectivity index (χ3n) is 3.77. The van der Waals surface area contributed by atoms with Crippen LogP contribution in [0.25, 0.3) is 0 Å². The number of anilines is 2. The van der Waals surface area contributed by atoms with Crippen LogP contribution in [0.4, 0.5) is 11.4 Å². The van der Waals surface area contributed by atoms with E-state index in [1.54, 1.807) is 36.4 Å². The van der Waals surface area contributed by atoms with E-state index >= 15 is 0 Å². The number of esters is 1. The minimum atomic E-state index is -0.995. The smallest absolute Gasteiger partial charge is 0.310 e. The maximum absolute atomic E-state index is 12.1. The Morgan fingerprint density at radius 2 is 1.79 bits per heavy atom. The number of para-hydroxylation sites is 2. The Bertz CT molecular complexity index is 812. The molecule has 0 heterocycles. The van der Waals surface area contributed by atoms with Gasteiger partial charge in [0.1, 0.15) is 12.6 Å². The van der Waals surface area contributed by atoms with Gasteiger partial charge in [0.25, 0.3) is 0 Å². The van der Waals surface area contributed by atoms with E-state index in [1.165, 1.54) is 0 Å². The third kappa shape index (κ3) is 6.38. The second-order valence-corrected chi connectivity index (χ2v) is 6.67. The molecule has 0 aliphatic rings. The monoisotopic (exact) mass is 425 g/mol. The first-order valence-corrected chi connectivity index (χ1v) is 9.26. The normalized spacial score (nSPS) is 11.6. The molecule has 28 heavy (non-hydrogen) atoms. The molecular formula is C19H21Cl2N3O4. The summed E-state index contributed by atoms with van der Waals surface area (Å²) in [6, 6.07) is 11.4. The Balaban J connectivity index is 1.92. The zero-order chi connectivity index (χ0) is 20.5. The SMILES string of the molecule is N[C@@H](CO)C(=O)NCCOC(=O)Cc1ccccc1Nc1c(Cl)cccc1Cl. The van der Waals surface area contributed by atoms with Gasteiger partial charge in [-0.15, -0.1) is 0 Å². The lowest BCUT2D eigenvalue weighted by atomic mass is 10.1. The van der Waals surface area contributed by atoms with Gasteiger partial charge in [-0.1, -0.05) is 47.5 Å². The fraction of sp³-hybridized carbons (Fsp3) is 0.263. The van der Waals surface area contributed by atoms with Crippen LogP contribution in [0.15, 0.2) is 42.5 Å². The van der Waals surface area contributed by atoms with Gasteiger partial charge in [0.15, 0.2) is 0 Å². The summed E-state index contributed by atoms with van der Waals surface area (Å²) in [6.45, 7) is -0.354. The molecule has 2 aromatic carbocycles. The highest BCUT2D eigenvalue weighted by Gasteiger charge is 2.13. The largest absolute Gasteiger partial charge is 0.464 e. The van der Waals surface area contributed by atoms with Gasteiger partial charge in [0.2, 0.25) is 5.91 Å². The van der Waals surface area contributed by atoms with Crippen molar-refractivity contribution in [2.24, 2.45) is 5.73 Å². The summed E-state index contributed by atoms with van der Waals surface area (Å²) < 4.78 is 5.13. The molecule has 150 valence electrons. The van der Waals surface area contributed by atoms with Crippen LogP contribution in [0.1, 0.15) is 5.56 Å². The fourth-order valence-electron chi connectivity index (χ4n) is 2.31. The second-order valence-electron chi connectivity index (χ2n) is 5.86. The molecule has 1 amide bonds. The number of nitrogens with one attached hydrogen (secondary N) is 2. The number of ether oxygens (including phenoxy) is 1. The van der Waals surface area contributed by atoms with E-state index in [2.05, 4.69) is 10.6 Å². The number of nitrogens with two attached hydrogens (primary N) is 1. The summed E-state index contributed by atoms with van der Waals surface area (Å²) in [4.78, 5) is 23.5. The van der Waals surface area contributed by atoms with Gasteiger partial charge < -0.3 is 26.2 Å². The minimum absolute atomic E-state index is 0.00530. The van der Waals surface area contributed by atoms with Gasteiger partial charge in [-0.25, -0.2) is 0 Å². The van der Waals surface area contributed by atoms with E-state index in [0.29, 0.717) is 27.0 Å². The fourth-order valence-corrected chi connectivity index (χ4v) is 2.80. The zero-order valence-corrected chi connectivity index (χ0v) is 16.5. The lowest BCUT2D eigenvalue weighted by Gasteiger charge is -2.14. The van der Waals surface area contributed by atoms with Crippen LogP contribution in [0.5, 0.6) is 0 Å². The Hall–Kier alpha value is -2.32. The number of benzene rings is 2. The van der Waals surface area contributed by atoms with E-state index in [0.717, 1.165) is 0 Å². The average molecular weight is 426 g/mol. The molecule has 2 aromatic rings. The first kappa shape index (κ1) is 22.0. The van der Waals surface area contributed by atoms with Crippen molar-refractivity contribution in [3.05, 3.63) is 58.1 Å². The third-order valence-corrected chi connectivity index (χ3v) is 4.40. The number of hydrogen-bond donors (Lipinski definition) is 4. The number of amides is 1. The number of aliphatic hydroxyl groups is 1. The van der Waals surface area contributed by atoms with Crippen molar-refractivity contribution in [1.29, 1.82) is 0 Å². The molecule has 1 atom stereocenters. The Morgan fingerprint density at radius 3 is 2.46 bits per heavy atom. The van der Waals surface area contributed by atoms with Gasteiger partial charge in [0, 0.05) is 5.69 Å². The van der Waals surface area contributed by atoms with Crippen LogP contribution in [-0.2, 0) is 20.7 Å². The summed E-state index contributed by atoms with van der Waals surface area (Å²) in [5.41, 5.74) is 7.30. The van der Waals surface area contributed by atoms with Crippen LogP contribution in [-0.4, -0.2) is 42.8 Å².